The molecule has 0 aliphatic carbocycles. The number of halogens is 3. The zero-order valence-corrected chi connectivity index (χ0v) is 19.0. The minimum atomic E-state index is -0.544. The third-order valence-electron chi connectivity index (χ3n) is 5.76. The summed E-state index contributed by atoms with van der Waals surface area (Å²) in [6.07, 6.45) is 3.68. The Balaban J connectivity index is 1.55. The fourth-order valence-corrected chi connectivity index (χ4v) is 4.39. The van der Waals surface area contributed by atoms with Crippen LogP contribution in [-0.2, 0) is 0 Å². The van der Waals surface area contributed by atoms with Gasteiger partial charge in [-0.15, -0.1) is 0 Å². The second kappa shape index (κ2) is 9.07. The van der Waals surface area contributed by atoms with Crippen molar-refractivity contribution < 1.29 is 9.13 Å². The highest BCUT2D eigenvalue weighted by molar-refractivity contribution is 6.35. The summed E-state index contributed by atoms with van der Waals surface area (Å²) in [6.45, 7) is 3.94. The number of anilines is 1. The lowest BCUT2D eigenvalue weighted by Gasteiger charge is -2.29. The summed E-state index contributed by atoms with van der Waals surface area (Å²) in [6, 6.07) is 10.6. The number of likely N-dealkylation sites (tertiary alicyclic amines) is 1. The van der Waals surface area contributed by atoms with Crippen molar-refractivity contribution in [2.45, 2.75) is 31.9 Å². The Morgan fingerprint density at radius 1 is 1.13 bits per heavy atom. The molecule has 1 saturated heterocycles. The van der Waals surface area contributed by atoms with Gasteiger partial charge in [0.2, 0.25) is 0 Å². The van der Waals surface area contributed by atoms with Crippen LogP contribution < -0.4 is 10.5 Å². The average molecular weight is 463 g/mol. The minimum absolute atomic E-state index is 0.0253. The highest BCUT2D eigenvalue weighted by Crippen LogP contribution is 2.35. The van der Waals surface area contributed by atoms with Crippen LogP contribution in [0.2, 0.25) is 10.0 Å². The lowest BCUT2D eigenvalue weighted by molar-refractivity contribution is 0.212. The zero-order valence-electron chi connectivity index (χ0n) is 17.5. The fourth-order valence-electron chi connectivity index (χ4n) is 3.85. The Hall–Kier alpha value is -2.28. The first-order valence-electron chi connectivity index (χ1n) is 10.3. The number of nitrogens with two attached hydrogens (primary N) is 1. The topological polar surface area (TPSA) is 56.3 Å². The molecule has 2 N–H and O–H groups in total. The number of nitrogen functional groups attached to an aromatic ring is 1. The number of hydrogen-bond acceptors (Lipinski definition) is 4. The Morgan fingerprint density at radius 2 is 1.87 bits per heavy atom. The first-order chi connectivity index (χ1) is 14.8. The standard InChI is InChI=1S/C23H25Cl2FN4O/c1-14(17-12-20(26)19(25)13-18(17)24)31-23-11-15(3-4-21(23)27)22-7-10-30(28-22)16-5-8-29(2)9-6-16/h3-4,7,10-14,16H,5-6,8-9,27H2,1-2H3/t14-/m0/s1. The number of nitrogens with zero attached hydrogens (tertiary/aromatic N) is 3. The van der Waals surface area contributed by atoms with E-state index in [2.05, 4.69) is 16.6 Å². The third-order valence-corrected chi connectivity index (χ3v) is 6.38. The zero-order chi connectivity index (χ0) is 22.1. The van der Waals surface area contributed by atoms with Gasteiger partial charge >= 0.3 is 0 Å². The Bertz CT molecular complexity index is 1080. The molecule has 1 atom stereocenters. The van der Waals surface area contributed by atoms with E-state index in [1.165, 1.54) is 12.1 Å². The van der Waals surface area contributed by atoms with Crippen molar-refractivity contribution in [3.63, 3.8) is 0 Å². The average Bonchev–Trinajstić information content (AvgIpc) is 3.23. The molecule has 1 aliphatic rings. The van der Waals surface area contributed by atoms with Gasteiger partial charge in [-0.3, -0.25) is 4.68 Å². The number of rotatable bonds is 5. The van der Waals surface area contributed by atoms with Gasteiger partial charge in [0.05, 0.1) is 22.4 Å². The van der Waals surface area contributed by atoms with Crippen molar-refractivity contribution in [2.24, 2.45) is 0 Å². The van der Waals surface area contributed by atoms with Gasteiger partial charge in [-0.1, -0.05) is 29.3 Å². The summed E-state index contributed by atoms with van der Waals surface area (Å²) in [5.41, 5.74) is 8.87. The highest BCUT2D eigenvalue weighted by Gasteiger charge is 2.20. The molecular formula is C23H25Cl2FN4O. The molecule has 2 heterocycles. The second-order valence-electron chi connectivity index (χ2n) is 8.02. The van der Waals surface area contributed by atoms with Gasteiger partial charge in [0, 0.05) is 22.3 Å². The largest absolute Gasteiger partial charge is 0.484 e. The normalized spacial score (nSPS) is 16.4. The molecule has 0 saturated carbocycles. The van der Waals surface area contributed by atoms with E-state index in [9.17, 15) is 4.39 Å². The Morgan fingerprint density at radius 3 is 2.61 bits per heavy atom. The highest BCUT2D eigenvalue weighted by atomic mass is 35.5. The molecular weight excluding hydrogens is 438 g/mol. The van der Waals surface area contributed by atoms with Crippen LogP contribution in [0.15, 0.2) is 42.6 Å². The summed E-state index contributed by atoms with van der Waals surface area (Å²) in [4.78, 5) is 2.34. The maximum atomic E-state index is 13.9. The van der Waals surface area contributed by atoms with Crippen molar-refractivity contribution in [1.29, 1.82) is 0 Å². The molecule has 4 rings (SSSR count). The smallest absolute Gasteiger partial charge is 0.143 e. The maximum absolute atomic E-state index is 13.9. The molecule has 0 radical (unpaired) electrons. The molecule has 164 valence electrons. The number of benzene rings is 2. The van der Waals surface area contributed by atoms with Crippen LogP contribution in [0, 0.1) is 5.82 Å². The SMILES string of the molecule is C[C@H](Oc1cc(-c2ccn(C3CCN(C)CC3)n2)ccc1N)c1cc(F)c(Cl)cc1Cl. The molecule has 1 aromatic heterocycles. The first kappa shape index (κ1) is 21.9. The fraction of sp³-hybridized carbons (Fsp3) is 0.348. The van der Waals surface area contributed by atoms with Crippen molar-refractivity contribution in [3.05, 3.63) is 64.0 Å². The first-order valence-corrected chi connectivity index (χ1v) is 11.0. The molecule has 1 fully saturated rings. The monoisotopic (exact) mass is 462 g/mol. The van der Waals surface area contributed by atoms with Crippen LogP contribution in [0.5, 0.6) is 5.75 Å². The molecule has 1 aliphatic heterocycles. The van der Waals surface area contributed by atoms with Gasteiger partial charge in [0.15, 0.2) is 0 Å². The summed E-state index contributed by atoms with van der Waals surface area (Å²) in [5.74, 6) is -0.0528. The van der Waals surface area contributed by atoms with Gasteiger partial charge in [-0.25, -0.2) is 4.39 Å². The van der Waals surface area contributed by atoms with Crippen LogP contribution in [0.25, 0.3) is 11.3 Å². The summed E-state index contributed by atoms with van der Waals surface area (Å²) >= 11 is 12.0. The van der Waals surface area contributed by atoms with Crippen LogP contribution in [0.3, 0.4) is 0 Å². The van der Waals surface area contributed by atoms with Crippen molar-refractivity contribution in [1.82, 2.24) is 14.7 Å². The predicted octanol–water partition coefficient (Wildman–Crippen LogP) is 5.98. The van der Waals surface area contributed by atoms with E-state index >= 15 is 0 Å². The lowest BCUT2D eigenvalue weighted by Crippen LogP contribution is -2.31. The van der Waals surface area contributed by atoms with E-state index in [-0.39, 0.29) is 5.02 Å². The summed E-state index contributed by atoms with van der Waals surface area (Å²) < 4.78 is 22.0. The van der Waals surface area contributed by atoms with Crippen molar-refractivity contribution >= 4 is 28.9 Å². The molecule has 0 bridgehead atoms. The molecule has 2 aromatic carbocycles. The summed E-state index contributed by atoms with van der Waals surface area (Å²) in [5, 5.41) is 5.10. The molecule has 0 spiro atoms. The Kier molecular flexibility index (Phi) is 6.42. The number of piperidine rings is 1. The molecule has 31 heavy (non-hydrogen) atoms. The van der Waals surface area contributed by atoms with Gasteiger partial charge in [0.25, 0.3) is 0 Å². The van der Waals surface area contributed by atoms with E-state index < -0.39 is 11.9 Å². The lowest BCUT2D eigenvalue weighted by atomic mass is 10.1. The van der Waals surface area contributed by atoms with Crippen LogP contribution in [0.1, 0.15) is 37.5 Å². The third kappa shape index (κ3) is 4.81. The molecule has 0 amide bonds. The van der Waals surface area contributed by atoms with E-state index in [0.717, 1.165) is 37.2 Å². The van der Waals surface area contributed by atoms with Crippen LogP contribution in [0.4, 0.5) is 10.1 Å². The van der Waals surface area contributed by atoms with Gasteiger partial charge in [0.1, 0.15) is 17.7 Å². The molecule has 3 aromatic rings. The van der Waals surface area contributed by atoms with E-state index in [4.69, 9.17) is 38.8 Å². The number of aromatic nitrogens is 2. The molecule has 0 unspecified atom stereocenters. The van der Waals surface area contributed by atoms with Crippen molar-refractivity contribution in [3.8, 4) is 17.0 Å². The minimum Gasteiger partial charge on any atom is -0.484 e. The predicted molar refractivity (Wildman–Crippen MR) is 123 cm³/mol. The van der Waals surface area contributed by atoms with Gasteiger partial charge in [-0.05, 0) is 70.2 Å². The summed E-state index contributed by atoms with van der Waals surface area (Å²) in [7, 11) is 2.15. The maximum Gasteiger partial charge on any atom is 0.143 e. The molecule has 8 heteroatoms. The van der Waals surface area contributed by atoms with Crippen LogP contribution >= 0.6 is 23.2 Å². The van der Waals surface area contributed by atoms with Gasteiger partial charge < -0.3 is 15.4 Å². The quantitative estimate of drug-likeness (QED) is 0.373. The second-order valence-corrected chi connectivity index (χ2v) is 8.83. The van der Waals surface area contributed by atoms with E-state index in [1.54, 1.807) is 13.0 Å². The van der Waals surface area contributed by atoms with E-state index in [1.807, 2.05) is 24.4 Å². The Labute approximate surface area is 191 Å². The molecule has 5 nitrogen and oxygen atoms in total. The van der Waals surface area contributed by atoms with E-state index in [0.29, 0.717) is 28.1 Å². The van der Waals surface area contributed by atoms with Crippen LogP contribution in [-0.4, -0.2) is 34.8 Å². The van der Waals surface area contributed by atoms with Gasteiger partial charge in [-0.2, -0.15) is 5.10 Å². The number of hydrogen-bond donors (Lipinski definition) is 1. The number of ether oxygens (including phenoxy) is 1. The van der Waals surface area contributed by atoms with Crippen molar-refractivity contribution in [2.75, 3.05) is 25.9 Å².